The summed E-state index contributed by atoms with van der Waals surface area (Å²) >= 11 is 3.51. The van der Waals surface area contributed by atoms with E-state index in [-0.39, 0.29) is 11.8 Å². The van der Waals surface area contributed by atoms with Crippen molar-refractivity contribution in [2.24, 2.45) is 0 Å². The van der Waals surface area contributed by atoms with Crippen LogP contribution in [0, 0.1) is 0 Å². The quantitative estimate of drug-likeness (QED) is 0.340. The third-order valence-corrected chi connectivity index (χ3v) is 6.50. The molecule has 1 aliphatic rings. The van der Waals surface area contributed by atoms with Crippen LogP contribution in [-0.4, -0.2) is 43.7 Å². The van der Waals surface area contributed by atoms with E-state index in [1.54, 1.807) is 22.8 Å². The minimum atomic E-state index is 0.00980. The Kier molecular flexibility index (Phi) is 6.35. The highest BCUT2D eigenvalue weighted by Crippen LogP contribution is 2.31. The van der Waals surface area contributed by atoms with Crippen LogP contribution in [0.15, 0.2) is 65.3 Å². The first kappa shape index (κ1) is 22.2. The van der Waals surface area contributed by atoms with E-state index in [1.165, 1.54) is 0 Å². The number of carbonyl (C=O) groups is 1. The first-order valence-corrected chi connectivity index (χ1v) is 12.0. The van der Waals surface area contributed by atoms with Crippen LogP contribution in [0.3, 0.4) is 0 Å². The molecule has 1 aliphatic heterocycles. The summed E-state index contributed by atoms with van der Waals surface area (Å²) in [6.07, 6.45) is 3.87. The molecule has 1 saturated heterocycles. The molecule has 0 bridgehead atoms. The summed E-state index contributed by atoms with van der Waals surface area (Å²) in [6, 6.07) is 17.2. The largest absolute Gasteiger partial charge is 0.507 e. The molecule has 1 fully saturated rings. The van der Waals surface area contributed by atoms with Crippen molar-refractivity contribution in [3.05, 3.63) is 76.4 Å². The molecule has 0 spiro atoms. The summed E-state index contributed by atoms with van der Waals surface area (Å²) in [5, 5.41) is 21.1. The summed E-state index contributed by atoms with van der Waals surface area (Å²) in [5.41, 5.74) is 4.11. The van der Waals surface area contributed by atoms with Crippen molar-refractivity contribution in [1.29, 1.82) is 0 Å². The van der Waals surface area contributed by atoms with Gasteiger partial charge in [-0.05, 0) is 52.0 Å². The molecule has 2 amide bonds. The van der Waals surface area contributed by atoms with Gasteiger partial charge < -0.3 is 20.6 Å². The zero-order chi connectivity index (χ0) is 23.5. The number of benzene rings is 2. The van der Waals surface area contributed by atoms with E-state index in [4.69, 9.17) is 0 Å². The number of hydrogen-bond acceptors (Lipinski definition) is 5. The lowest BCUT2D eigenvalue weighted by atomic mass is 10.1. The molecule has 4 aromatic rings. The molecule has 9 heteroatoms. The SMILES string of the molecule is O=C(NCc1ccc(CNc2cc(-c3ccccc3O)nc3c(Br)cnn23)cc1)N1CCCC1. The number of amides is 2. The van der Waals surface area contributed by atoms with E-state index in [0.717, 1.165) is 47.3 Å². The van der Waals surface area contributed by atoms with Crippen LogP contribution < -0.4 is 10.6 Å². The van der Waals surface area contributed by atoms with Crippen molar-refractivity contribution in [1.82, 2.24) is 24.8 Å². The number of aromatic hydroxyl groups is 1. The Labute approximate surface area is 205 Å². The van der Waals surface area contributed by atoms with Gasteiger partial charge >= 0.3 is 6.03 Å². The number of anilines is 1. The van der Waals surface area contributed by atoms with Crippen LogP contribution in [0.25, 0.3) is 16.9 Å². The first-order valence-electron chi connectivity index (χ1n) is 11.3. The fourth-order valence-corrected chi connectivity index (χ4v) is 4.42. The number of carbonyl (C=O) groups excluding carboxylic acids is 1. The molecular formula is C25H25BrN6O2. The third kappa shape index (κ3) is 4.70. The number of fused-ring (bicyclic) bond motifs is 1. The van der Waals surface area contributed by atoms with Gasteiger partial charge in [-0.3, -0.25) is 0 Å². The lowest BCUT2D eigenvalue weighted by Gasteiger charge is -2.16. The van der Waals surface area contributed by atoms with Crippen LogP contribution >= 0.6 is 15.9 Å². The van der Waals surface area contributed by atoms with Crippen LogP contribution in [-0.2, 0) is 13.1 Å². The summed E-state index contributed by atoms with van der Waals surface area (Å²) in [4.78, 5) is 18.7. The van der Waals surface area contributed by atoms with Crippen molar-refractivity contribution in [2.75, 3.05) is 18.4 Å². The number of likely N-dealkylation sites (tertiary alicyclic amines) is 1. The minimum Gasteiger partial charge on any atom is -0.507 e. The summed E-state index contributed by atoms with van der Waals surface area (Å²) in [7, 11) is 0. The highest BCUT2D eigenvalue weighted by atomic mass is 79.9. The second kappa shape index (κ2) is 9.72. The maximum atomic E-state index is 12.2. The van der Waals surface area contributed by atoms with Crippen LogP contribution in [0.4, 0.5) is 10.6 Å². The predicted molar refractivity (Wildman–Crippen MR) is 135 cm³/mol. The number of halogens is 1. The summed E-state index contributed by atoms with van der Waals surface area (Å²) in [5.74, 6) is 0.934. The minimum absolute atomic E-state index is 0.00980. The lowest BCUT2D eigenvalue weighted by Crippen LogP contribution is -2.37. The number of nitrogens with zero attached hydrogens (tertiary/aromatic N) is 4. The fourth-order valence-electron chi connectivity index (χ4n) is 4.07. The molecule has 0 saturated carbocycles. The smallest absolute Gasteiger partial charge is 0.317 e. The van der Waals surface area contributed by atoms with Gasteiger partial charge in [0.05, 0.1) is 16.4 Å². The third-order valence-electron chi connectivity index (χ3n) is 5.94. The second-order valence-corrected chi connectivity index (χ2v) is 9.15. The monoisotopic (exact) mass is 520 g/mol. The van der Waals surface area contributed by atoms with Gasteiger partial charge in [-0.2, -0.15) is 9.61 Å². The lowest BCUT2D eigenvalue weighted by molar-refractivity contribution is 0.208. The van der Waals surface area contributed by atoms with Crippen LogP contribution in [0.5, 0.6) is 5.75 Å². The topological polar surface area (TPSA) is 94.8 Å². The number of phenols is 1. The molecular weight excluding hydrogens is 496 g/mol. The van der Waals surface area contributed by atoms with Gasteiger partial charge in [0.25, 0.3) is 0 Å². The number of phenolic OH excluding ortho intramolecular Hbond substituents is 1. The molecule has 0 aliphatic carbocycles. The Balaban J connectivity index is 1.29. The fraction of sp³-hybridized carbons (Fsp3) is 0.240. The molecule has 2 aromatic carbocycles. The maximum Gasteiger partial charge on any atom is 0.317 e. The molecule has 3 N–H and O–H groups in total. The van der Waals surface area contributed by atoms with Gasteiger partial charge in [0.15, 0.2) is 5.65 Å². The highest BCUT2D eigenvalue weighted by Gasteiger charge is 2.17. The van der Waals surface area contributed by atoms with Gasteiger partial charge in [0, 0.05) is 37.8 Å². The van der Waals surface area contributed by atoms with E-state index in [0.29, 0.717) is 30.0 Å². The zero-order valence-electron chi connectivity index (χ0n) is 18.5. The van der Waals surface area contributed by atoms with Gasteiger partial charge in [0.1, 0.15) is 11.6 Å². The number of para-hydroxylation sites is 1. The van der Waals surface area contributed by atoms with E-state index in [2.05, 4.69) is 36.6 Å². The number of aromatic nitrogens is 3. The number of nitrogens with one attached hydrogen (secondary N) is 2. The second-order valence-electron chi connectivity index (χ2n) is 8.29. The number of urea groups is 1. The Morgan fingerprint density at radius 1 is 1.03 bits per heavy atom. The highest BCUT2D eigenvalue weighted by molar-refractivity contribution is 9.10. The Bertz CT molecular complexity index is 1310. The molecule has 2 aromatic heterocycles. The van der Waals surface area contributed by atoms with Crippen LogP contribution in [0.2, 0.25) is 0 Å². The van der Waals surface area contributed by atoms with Gasteiger partial charge in [-0.15, -0.1) is 0 Å². The van der Waals surface area contributed by atoms with Crippen molar-refractivity contribution in [3.8, 4) is 17.0 Å². The van der Waals surface area contributed by atoms with Gasteiger partial charge in [-0.25, -0.2) is 9.78 Å². The van der Waals surface area contributed by atoms with Crippen LogP contribution in [0.1, 0.15) is 24.0 Å². The average molecular weight is 521 g/mol. The Morgan fingerprint density at radius 2 is 1.74 bits per heavy atom. The standard InChI is InChI=1S/C25H25BrN6O2/c26-20-16-29-32-23(13-21(30-24(20)32)19-5-1-2-6-22(19)33)27-14-17-7-9-18(10-8-17)15-28-25(34)31-11-3-4-12-31/h1-2,5-10,13,16,27,33H,3-4,11-12,14-15H2,(H,28,34). The van der Waals surface area contributed by atoms with E-state index in [9.17, 15) is 9.90 Å². The predicted octanol–water partition coefficient (Wildman–Crippen LogP) is 4.78. The molecule has 174 valence electrons. The molecule has 3 heterocycles. The van der Waals surface area contributed by atoms with E-state index >= 15 is 0 Å². The molecule has 0 unspecified atom stereocenters. The molecule has 0 radical (unpaired) electrons. The normalized spacial score (nSPS) is 13.4. The van der Waals surface area contributed by atoms with Gasteiger partial charge in [-0.1, -0.05) is 36.4 Å². The number of hydrogen-bond donors (Lipinski definition) is 3. The van der Waals surface area contributed by atoms with Gasteiger partial charge in [0.2, 0.25) is 0 Å². The number of rotatable bonds is 6. The summed E-state index contributed by atoms with van der Waals surface area (Å²) in [6.45, 7) is 2.78. The average Bonchev–Trinajstić information content (AvgIpc) is 3.53. The van der Waals surface area contributed by atoms with Crippen molar-refractivity contribution < 1.29 is 9.90 Å². The maximum absolute atomic E-state index is 12.2. The zero-order valence-corrected chi connectivity index (χ0v) is 20.1. The molecule has 8 nitrogen and oxygen atoms in total. The molecule has 34 heavy (non-hydrogen) atoms. The Morgan fingerprint density at radius 3 is 2.47 bits per heavy atom. The van der Waals surface area contributed by atoms with Crippen molar-refractivity contribution in [3.63, 3.8) is 0 Å². The summed E-state index contributed by atoms with van der Waals surface area (Å²) < 4.78 is 2.50. The Hall–Kier alpha value is -3.59. The van der Waals surface area contributed by atoms with E-state index in [1.807, 2.05) is 47.4 Å². The van der Waals surface area contributed by atoms with E-state index < -0.39 is 0 Å². The van der Waals surface area contributed by atoms with Crippen molar-refractivity contribution >= 4 is 33.4 Å². The molecule has 0 atom stereocenters. The molecule has 5 rings (SSSR count). The van der Waals surface area contributed by atoms with Crippen molar-refractivity contribution in [2.45, 2.75) is 25.9 Å². The first-order chi connectivity index (χ1) is 16.6.